The highest BCUT2D eigenvalue weighted by Crippen LogP contribution is 2.20. The fraction of sp³-hybridized carbons (Fsp3) is 0.429. The molecule has 1 N–H and O–H groups in total. The molecule has 1 saturated heterocycles. The molecule has 20 heavy (non-hydrogen) atoms. The third kappa shape index (κ3) is 3.17. The van der Waals surface area contributed by atoms with Crippen molar-refractivity contribution in [1.29, 1.82) is 0 Å². The first-order valence-electron chi connectivity index (χ1n) is 6.69. The molecule has 1 aliphatic rings. The predicted molar refractivity (Wildman–Crippen MR) is 75.5 cm³/mol. The van der Waals surface area contributed by atoms with Crippen LogP contribution in [0.4, 0.5) is 0 Å². The van der Waals surface area contributed by atoms with Crippen molar-refractivity contribution in [2.75, 3.05) is 19.6 Å². The summed E-state index contributed by atoms with van der Waals surface area (Å²) in [6.45, 7) is 2.49. The van der Waals surface area contributed by atoms with Gasteiger partial charge in [-0.15, -0.1) is 0 Å². The van der Waals surface area contributed by atoms with Crippen LogP contribution in [-0.2, 0) is 6.42 Å². The zero-order chi connectivity index (χ0) is 13.9. The van der Waals surface area contributed by atoms with Gasteiger partial charge in [0.1, 0.15) is 0 Å². The van der Waals surface area contributed by atoms with Crippen molar-refractivity contribution in [2.24, 2.45) is 0 Å². The van der Waals surface area contributed by atoms with Crippen LogP contribution >= 0.6 is 11.6 Å². The SMILES string of the molecule is O[C@H]1CCN(CCc2nc(-c3cccc(Cl)c3)no2)C1. The average molecular weight is 294 g/mol. The van der Waals surface area contributed by atoms with Gasteiger partial charge in [-0.2, -0.15) is 4.98 Å². The van der Waals surface area contributed by atoms with E-state index in [-0.39, 0.29) is 6.10 Å². The molecule has 5 nitrogen and oxygen atoms in total. The van der Waals surface area contributed by atoms with Crippen molar-refractivity contribution in [3.05, 3.63) is 35.2 Å². The number of aliphatic hydroxyl groups is 1. The monoisotopic (exact) mass is 293 g/mol. The lowest BCUT2D eigenvalue weighted by Gasteiger charge is -2.12. The van der Waals surface area contributed by atoms with Gasteiger partial charge in [-0.05, 0) is 18.6 Å². The Labute approximate surface area is 122 Å². The van der Waals surface area contributed by atoms with E-state index in [1.807, 2.05) is 24.3 Å². The molecule has 106 valence electrons. The number of β-amino-alcohol motifs (C(OH)–C–C–N with tert-alkyl or cyclic N) is 1. The summed E-state index contributed by atoms with van der Waals surface area (Å²) in [5.41, 5.74) is 0.851. The Hall–Kier alpha value is -1.43. The van der Waals surface area contributed by atoms with Crippen molar-refractivity contribution in [3.63, 3.8) is 0 Å². The summed E-state index contributed by atoms with van der Waals surface area (Å²) in [6.07, 6.45) is 1.34. The summed E-state index contributed by atoms with van der Waals surface area (Å²) in [7, 11) is 0. The molecular weight excluding hydrogens is 278 g/mol. The fourth-order valence-electron chi connectivity index (χ4n) is 2.37. The van der Waals surface area contributed by atoms with Gasteiger partial charge in [0, 0.05) is 36.6 Å². The molecule has 0 unspecified atom stereocenters. The van der Waals surface area contributed by atoms with E-state index < -0.39 is 0 Å². The molecule has 1 aliphatic heterocycles. The summed E-state index contributed by atoms with van der Waals surface area (Å²) in [5, 5.41) is 14.1. The highest BCUT2D eigenvalue weighted by molar-refractivity contribution is 6.30. The Morgan fingerprint density at radius 3 is 3.10 bits per heavy atom. The molecule has 0 radical (unpaired) electrons. The van der Waals surface area contributed by atoms with Gasteiger partial charge in [-0.25, -0.2) is 0 Å². The van der Waals surface area contributed by atoms with Crippen LogP contribution in [0.15, 0.2) is 28.8 Å². The largest absolute Gasteiger partial charge is 0.392 e. The Kier molecular flexibility index (Phi) is 4.00. The second-order valence-electron chi connectivity index (χ2n) is 5.02. The third-order valence-corrected chi connectivity index (χ3v) is 3.68. The zero-order valence-electron chi connectivity index (χ0n) is 11.0. The van der Waals surface area contributed by atoms with E-state index in [1.54, 1.807) is 0 Å². The fourth-order valence-corrected chi connectivity index (χ4v) is 2.56. The van der Waals surface area contributed by atoms with E-state index in [0.29, 0.717) is 23.2 Å². The van der Waals surface area contributed by atoms with Crippen LogP contribution in [-0.4, -0.2) is 45.9 Å². The van der Waals surface area contributed by atoms with Gasteiger partial charge in [-0.1, -0.05) is 28.9 Å². The Balaban J connectivity index is 1.62. The van der Waals surface area contributed by atoms with Crippen molar-refractivity contribution in [2.45, 2.75) is 18.9 Å². The van der Waals surface area contributed by atoms with Crippen LogP contribution in [0, 0.1) is 0 Å². The van der Waals surface area contributed by atoms with E-state index in [4.69, 9.17) is 16.1 Å². The van der Waals surface area contributed by atoms with Crippen LogP contribution in [0.3, 0.4) is 0 Å². The van der Waals surface area contributed by atoms with Crippen LogP contribution in [0.5, 0.6) is 0 Å². The van der Waals surface area contributed by atoms with E-state index in [9.17, 15) is 5.11 Å². The van der Waals surface area contributed by atoms with Gasteiger partial charge in [0.05, 0.1) is 6.10 Å². The minimum absolute atomic E-state index is 0.195. The maximum atomic E-state index is 9.47. The predicted octanol–water partition coefficient (Wildman–Crippen LogP) is 2.00. The molecule has 1 fully saturated rings. The van der Waals surface area contributed by atoms with Gasteiger partial charge in [0.2, 0.25) is 11.7 Å². The number of hydrogen-bond acceptors (Lipinski definition) is 5. The molecule has 2 aromatic rings. The molecule has 0 bridgehead atoms. The molecule has 0 amide bonds. The molecule has 1 aromatic carbocycles. The lowest BCUT2D eigenvalue weighted by molar-refractivity contribution is 0.175. The lowest BCUT2D eigenvalue weighted by Crippen LogP contribution is -2.24. The first kappa shape index (κ1) is 13.5. The maximum absolute atomic E-state index is 9.47. The molecule has 0 spiro atoms. The van der Waals surface area contributed by atoms with Gasteiger partial charge < -0.3 is 14.5 Å². The zero-order valence-corrected chi connectivity index (χ0v) is 11.8. The molecule has 1 aromatic heterocycles. The van der Waals surface area contributed by atoms with E-state index >= 15 is 0 Å². The second kappa shape index (κ2) is 5.91. The highest BCUT2D eigenvalue weighted by atomic mass is 35.5. The van der Waals surface area contributed by atoms with Crippen molar-refractivity contribution in [3.8, 4) is 11.4 Å². The van der Waals surface area contributed by atoms with Gasteiger partial charge in [0.25, 0.3) is 0 Å². The Morgan fingerprint density at radius 1 is 1.45 bits per heavy atom. The van der Waals surface area contributed by atoms with Crippen LogP contribution in [0.2, 0.25) is 5.02 Å². The number of aromatic nitrogens is 2. The first-order chi connectivity index (χ1) is 9.70. The quantitative estimate of drug-likeness (QED) is 0.934. The number of hydrogen-bond donors (Lipinski definition) is 1. The smallest absolute Gasteiger partial charge is 0.228 e. The molecular formula is C14H16ClN3O2. The molecule has 0 saturated carbocycles. The number of benzene rings is 1. The lowest BCUT2D eigenvalue weighted by atomic mass is 10.2. The first-order valence-corrected chi connectivity index (χ1v) is 7.07. The van der Waals surface area contributed by atoms with E-state index in [0.717, 1.165) is 31.6 Å². The van der Waals surface area contributed by atoms with Crippen molar-refractivity contribution in [1.82, 2.24) is 15.0 Å². The molecule has 6 heteroatoms. The number of halogens is 1. The minimum atomic E-state index is -0.195. The summed E-state index contributed by atoms with van der Waals surface area (Å²) in [4.78, 5) is 6.58. The average Bonchev–Trinajstić information content (AvgIpc) is 3.05. The summed E-state index contributed by atoms with van der Waals surface area (Å²) >= 11 is 5.95. The summed E-state index contributed by atoms with van der Waals surface area (Å²) in [6, 6.07) is 7.38. The van der Waals surface area contributed by atoms with Gasteiger partial charge in [-0.3, -0.25) is 0 Å². The second-order valence-corrected chi connectivity index (χ2v) is 5.45. The van der Waals surface area contributed by atoms with Crippen molar-refractivity contribution >= 4 is 11.6 Å². The number of rotatable bonds is 4. The van der Waals surface area contributed by atoms with Gasteiger partial charge >= 0.3 is 0 Å². The molecule has 0 aliphatic carbocycles. The molecule has 3 rings (SSSR count). The maximum Gasteiger partial charge on any atom is 0.228 e. The third-order valence-electron chi connectivity index (χ3n) is 3.44. The topological polar surface area (TPSA) is 62.4 Å². The minimum Gasteiger partial charge on any atom is -0.392 e. The van der Waals surface area contributed by atoms with Crippen molar-refractivity contribution < 1.29 is 9.63 Å². The molecule has 2 heterocycles. The molecule has 1 atom stereocenters. The van der Waals surface area contributed by atoms with Crippen LogP contribution in [0.25, 0.3) is 11.4 Å². The summed E-state index contributed by atoms with van der Waals surface area (Å²) < 4.78 is 5.25. The Morgan fingerprint density at radius 2 is 2.35 bits per heavy atom. The van der Waals surface area contributed by atoms with E-state index in [1.165, 1.54) is 0 Å². The highest BCUT2D eigenvalue weighted by Gasteiger charge is 2.20. The Bertz CT molecular complexity index is 587. The number of nitrogens with zero attached hydrogens (tertiary/aromatic N) is 3. The summed E-state index contributed by atoms with van der Waals surface area (Å²) in [5.74, 6) is 1.17. The standard InChI is InChI=1S/C14H16ClN3O2/c15-11-3-1-2-10(8-11)14-16-13(20-17-14)5-7-18-6-4-12(19)9-18/h1-3,8,12,19H,4-7,9H2/t12-/m0/s1. The van der Waals surface area contributed by atoms with Gasteiger partial charge in [0.15, 0.2) is 0 Å². The number of likely N-dealkylation sites (tertiary alicyclic amines) is 1. The number of aliphatic hydroxyl groups excluding tert-OH is 1. The normalized spacial score (nSPS) is 19.6. The van der Waals surface area contributed by atoms with Crippen LogP contribution in [0.1, 0.15) is 12.3 Å². The van der Waals surface area contributed by atoms with E-state index in [2.05, 4.69) is 15.0 Å². The van der Waals surface area contributed by atoms with Crippen LogP contribution < -0.4 is 0 Å².